The molecular weight excluding hydrogens is 158 g/mol. The zero-order valence-electron chi connectivity index (χ0n) is 9.16. The predicted molar refractivity (Wildman–Crippen MR) is 58.9 cm³/mol. The van der Waals surface area contributed by atoms with Crippen molar-refractivity contribution >= 4 is 0 Å². The molecule has 1 N–H and O–H groups in total. The molecule has 0 bridgehead atoms. The summed E-state index contributed by atoms with van der Waals surface area (Å²) in [7, 11) is 0. The first kappa shape index (κ1) is 10.8. The lowest BCUT2D eigenvalue weighted by Gasteiger charge is -2.34. The Morgan fingerprint density at radius 2 is 2.15 bits per heavy atom. The van der Waals surface area contributed by atoms with Gasteiger partial charge in [-0.1, -0.05) is 38.3 Å². The van der Waals surface area contributed by atoms with E-state index < -0.39 is 0 Å². The first-order chi connectivity index (χ1) is 6.21. The summed E-state index contributed by atoms with van der Waals surface area (Å²) in [5.74, 6) is 0. The van der Waals surface area contributed by atoms with Gasteiger partial charge >= 0.3 is 0 Å². The van der Waals surface area contributed by atoms with Crippen molar-refractivity contribution in [1.29, 1.82) is 0 Å². The van der Waals surface area contributed by atoms with E-state index >= 15 is 0 Å². The van der Waals surface area contributed by atoms with Gasteiger partial charge in [-0.3, -0.25) is 0 Å². The van der Waals surface area contributed by atoms with Crippen molar-refractivity contribution in [1.82, 2.24) is 5.32 Å². The summed E-state index contributed by atoms with van der Waals surface area (Å²) >= 11 is 0. The third kappa shape index (κ3) is 2.57. The normalized spacial score (nSPS) is 29.7. The van der Waals surface area contributed by atoms with E-state index in [9.17, 15) is 0 Å². The predicted octanol–water partition coefficient (Wildman–Crippen LogP) is 3.27. The highest BCUT2D eigenvalue weighted by atomic mass is 15.0. The number of nitrogens with one attached hydrogen (secondary N) is 1. The zero-order valence-corrected chi connectivity index (χ0v) is 9.16. The quantitative estimate of drug-likeness (QED) is 0.659. The van der Waals surface area contributed by atoms with Crippen molar-refractivity contribution in [2.75, 3.05) is 6.54 Å². The van der Waals surface area contributed by atoms with Crippen molar-refractivity contribution < 1.29 is 0 Å². The van der Waals surface area contributed by atoms with Crippen LogP contribution in [0.15, 0.2) is 12.2 Å². The van der Waals surface area contributed by atoms with E-state index in [2.05, 4.69) is 25.7 Å². The third-order valence-electron chi connectivity index (χ3n) is 3.24. The Kier molecular flexibility index (Phi) is 3.98. The van der Waals surface area contributed by atoms with Gasteiger partial charge in [0.05, 0.1) is 0 Å². The Balaban J connectivity index is 2.67. The Morgan fingerprint density at radius 3 is 2.77 bits per heavy atom. The van der Waals surface area contributed by atoms with Crippen LogP contribution in [-0.4, -0.2) is 12.1 Å². The standard InChI is InChI=1S/C12H23N/c1-4-8-12(11(2)3)9-6-5-7-10-13-12/h13H,2,4-10H2,1,3H3. The summed E-state index contributed by atoms with van der Waals surface area (Å²) in [4.78, 5) is 0. The van der Waals surface area contributed by atoms with E-state index in [1.807, 2.05) is 0 Å². The summed E-state index contributed by atoms with van der Waals surface area (Å²) < 4.78 is 0. The molecule has 1 unspecified atom stereocenters. The molecule has 0 aromatic carbocycles. The van der Waals surface area contributed by atoms with Gasteiger partial charge in [0.1, 0.15) is 0 Å². The summed E-state index contributed by atoms with van der Waals surface area (Å²) in [6.45, 7) is 9.76. The maximum Gasteiger partial charge on any atom is 0.0388 e. The molecule has 0 saturated carbocycles. The molecular formula is C12H23N. The lowest BCUT2D eigenvalue weighted by molar-refractivity contribution is 0.345. The minimum atomic E-state index is 0.269. The highest BCUT2D eigenvalue weighted by molar-refractivity contribution is 5.14. The van der Waals surface area contributed by atoms with E-state index in [1.54, 1.807) is 0 Å². The van der Waals surface area contributed by atoms with Crippen LogP contribution in [0, 0.1) is 0 Å². The van der Waals surface area contributed by atoms with Gasteiger partial charge in [0.2, 0.25) is 0 Å². The van der Waals surface area contributed by atoms with Gasteiger partial charge in [-0.05, 0) is 32.7 Å². The van der Waals surface area contributed by atoms with Gasteiger partial charge in [-0.15, -0.1) is 0 Å². The van der Waals surface area contributed by atoms with Crippen molar-refractivity contribution in [2.45, 2.75) is 57.9 Å². The van der Waals surface area contributed by atoms with E-state index in [1.165, 1.54) is 50.6 Å². The van der Waals surface area contributed by atoms with Crippen LogP contribution in [0.1, 0.15) is 52.4 Å². The molecule has 1 rings (SSSR count). The Hall–Kier alpha value is -0.300. The fraction of sp³-hybridized carbons (Fsp3) is 0.833. The fourth-order valence-electron chi connectivity index (χ4n) is 2.36. The average molecular weight is 181 g/mol. The lowest BCUT2D eigenvalue weighted by atomic mass is 9.83. The summed E-state index contributed by atoms with van der Waals surface area (Å²) in [5.41, 5.74) is 1.60. The molecule has 1 aliphatic rings. The molecule has 0 amide bonds. The van der Waals surface area contributed by atoms with E-state index in [0.29, 0.717) is 0 Å². The Morgan fingerprint density at radius 1 is 1.38 bits per heavy atom. The van der Waals surface area contributed by atoms with Crippen LogP contribution in [0.3, 0.4) is 0 Å². The fourth-order valence-corrected chi connectivity index (χ4v) is 2.36. The van der Waals surface area contributed by atoms with Gasteiger partial charge in [-0.2, -0.15) is 0 Å². The Bertz CT molecular complexity index is 164. The summed E-state index contributed by atoms with van der Waals surface area (Å²) in [6.07, 6.45) is 7.86. The second-order valence-corrected chi connectivity index (χ2v) is 4.35. The summed E-state index contributed by atoms with van der Waals surface area (Å²) in [6, 6.07) is 0. The maximum atomic E-state index is 4.15. The monoisotopic (exact) mass is 181 g/mol. The number of hydrogen-bond acceptors (Lipinski definition) is 1. The molecule has 13 heavy (non-hydrogen) atoms. The first-order valence-corrected chi connectivity index (χ1v) is 5.62. The van der Waals surface area contributed by atoms with Crippen LogP contribution in [0.5, 0.6) is 0 Å². The van der Waals surface area contributed by atoms with Gasteiger partial charge in [0, 0.05) is 5.54 Å². The number of rotatable bonds is 3. The highest BCUT2D eigenvalue weighted by Crippen LogP contribution is 2.29. The maximum absolute atomic E-state index is 4.15. The largest absolute Gasteiger partial charge is 0.308 e. The molecule has 76 valence electrons. The molecule has 0 radical (unpaired) electrons. The van der Waals surface area contributed by atoms with Gasteiger partial charge in [0.15, 0.2) is 0 Å². The first-order valence-electron chi connectivity index (χ1n) is 5.62. The van der Waals surface area contributed by atoms with E-state index in [0.717, 1.165) is 0 Å². The molecule has 1 heterocycles. The second kappa shape index (κ2) is 4.80. The molecule has 1 nitrogen and oxygen atoms in total. The van der Waals surface area contributed by atoms with Crippen molar-refractivity contribution in [3.8, 4) is 0 Å². The van der Waals surface area contributed by atoms with Crippen molar-refractivity contribution in [3.63, 3.8) is 0 Å². The van der Waals surface area contributed by atoms with Crippen LogP contribution in [-0.2, 0) is 0 Å². The summed E-state index contributed by atoms with van der Waals surface area (Å²) in [5, 5.41) is 3.70. The molecule has 1 aliphatic heterocycles. The average Bonchev–Trinajstić information content (AvgIpc) is 2.31. The molecule has 1 fully saturated rings. The van der Waals surface area contributed by atoms with Crippen LogP contribution >= 0.6 is 0 Å². The van der Waals surface area contributed by atoms with Crippen LogP contribution < -0.4 is 5.32 Å². The highest BCUT2D eigenvalue weighted by Gasteiger charge is 2.29. The molecule has 1 saturated heterocycles. The SMILES string of the molecule is C=C(C)C1(CCC)CCCCCN1. The Labute approximate surface area is 82.6 Å². The second-order valence-electron chi connectivity index (χ2n) is 4.35. The van der Waals surface area contributed by atoms with Crippen LogP contribution in [0.4, 0.5) is 0 Å². The van der Waals surface area contributed by atoms with Crippen molar-refractivity contribution in [3.05, 3.63) is 12.2 Å². The van der Waals surface area contributed by atoms with Crippen LogP contribution in [0.2, 0.25) is 0 Å². The molecule has 0 aromatic heterocycles. The number of hydrogen-bond donors (Lipinski definition) is 1. The van der Waals surface area contributed by atoms with E-state index in [4.69, 9.17) is 0 Å². The molecule has 0 spiro atoms. The minimum absolute atomic E-state index is 0.269. The van der Waals surface area contributed by atoms with Gasteiger partial charge in [-0.25, -0.2) is 0 Å². The smallest absolute Gasteiger partial charge is 0.0388 e. The topological polar surface area (TPSA) is 12.0 Å². The lowest BCUT2D eigenvalue weighted by Crippen LogP contribution is -2.45. The molecule has 1 atom stereocenters. The van der Waals surface area contributed by atoms with Gasteiger partial charge < -0.3 is 5.32 Å². The minimum Gasteiger partial charge on any atom is -0.308 e. The van der Waals surface area contributed by atoms with Crippen molar-refractivity contribution in [2.24, 2.45) is 0 Å². The molecule has 0 aliphatic carbocycles. The van der Waals surface area contributed by atoms with E-state index in [-0.39, 0.29) is 5.54 Å². The van der Waals surface area contributed by atoms with Crippen LogP contribution in [0.25, 0.3) is 0 Å². The zero-order chi connectivity index (χ0) is 9.73. The molecule has 0 aromatic rings. The third-order valence-corrected chi connectivity index (χ3v) is 3.24. The molecule has 1 heteroatoms. The van der Waals surface area contributed by atoms with Gasteiger partial charge in [0.25, 0.3) is 0 Å².